The normalized spacial score (nSPS) is 20.3. The van der Waals surface area contributed by atoms with Gasteiger partial charge in [0, 0.05) is 12.0 Å². The molecule has 1 saturated heterocycles. The molecule has 0 amide bonds. The van der Waals surface area contributed by atoms with Crippen LogP contribution in [0.25, 0.3) is 0 Å². The number of benzene rings is 1. The van der Waals surface area contributed by atoms with Gasteiger partial charge in [-0.2, -0.15) is 13.2 Å². The summed E-state index contributed by atoms with van der Waals surface area (Å²) in [7, 11) is 0. The highest BCUT2D eigenvalue weighted by molar-refractivity contribution is 5.41. The van der Waals surface area contributed by atoms with Crippen molar-refractivity contribution < 1.29 is 23.0 Å². The number of aromatic hydroxyl groups is 1. The summed E-state index contributed by atoms with van der Waals surface area (Å²) in [5.41, 5.74) is -0.856. The van der Waals surface area contributed by atoms with E-state index in [0.29, 0.717) is 6.61 Å². The third-order valence-electron chi connectivity index (χ3n) is 2.29. The average Bonchev–Trinajstić information content (AvgIpc) is 2.90. The van der Waals surface area contributed by atoms with Crippen molar-refractivity contribution in [2.45, 2.75) is 18.7 Å². The third-order valence-corrected chi connectivity index (χ3v) is 2.29. The molecule has 1 fully saturated rings. The van der Waals surface area contributed by atoms with Gasteiger partial charge in [0.2, 0.25) is 0 Å². The van der Waals surface area contributed by atoms with Crippen LogP contribution in [0, 0.1) is 0 Å². The van der Waals surface area contributed by atoms with Crippen LogP contribution in [0.1, 0.15) is 11.1 Å². The number of phenols is 1. The number of halogens is 3. The second kappa shape index (κ2) is 3.41. The lowest BCUT2D eigenvalue weighted by molar-refractivity contribution is -0.138. The van der Waals surface area contributed by atoms with E-state index >= 15 is 0 Å². The van der Waals surface area contributed by atoms with E-state index in [2.05, 4.69) is 0 Å². The molecule has 1 aromatic rings. The number of rotatable bonds is 2. The summed E-state index contributed by atoms with van der Waals surface area (Å²) < 4.78 is 42.5. The molecular formula is C10H9F3O2. The Balaban J connectivity index is 2.38. The number of hydrogen-bond donors (Lipinski definition) is 1. The van der Waals surface area contributed by atoms with Gasteiger partial charge in [-0.1, -0.05) is 6.07 Å². The van der Waals surface area contributed by atoms with Crippen LogP contribution < -0.4 is 0 Å². The van der Waals surface area contributed by atoms with E-state index in [9.17, 15) is 18.3 Å². The molecule has 0 aliphatic carbocycles. The number of alkyl halides is 3. The monoisotopic (exact) mass is 218 g/mol. The molecule has 1 aliphatic rings. The van der Waals surface area contributed by atoms with E-state index in [1.807, 2.05) is 0 Å². The number of phenolic OH excluding ortho intramolecular Hbond substituents is 1. The van der Waals surface area contributed by atoms with Crippen molar-refractivity contribution in [2.24, 2.45) is 0 Å². The van der Waals surface area contributed by atoms with Crippen molar-refractivity contribution in [2.75, 3.05) is 6.61 Å². The van der Waals surface area contributed by atoms with E-state index in [1.54, 1.807) is 0 Å². The lowest BCUT2D eigenvalue weighted by Crippen LogP contribution is -2.10. The number of epoxide rings is 1. The summed E-state index contributed by atoms with van der Waals surface area (Å²) in [6.45, 7) is 0.464. The first-order valence-electron chi connectivity index (χ1n) is 4.48. The highest BCUT2D eigenvalue weighted by Crippen LogP contribution is 2.37. The highest BCUT2D eigenvalue weighted by atomic mass is 19.4. The molecule has 2 nitrogen and oxygen atoms in total. The van der Waals surface area contributed by atoms with Crippen molar-refractivity contribution in [3.63, 3.8) is 0 Å². The summed E-state index contributed by atoms with van der Waals surface area (Å²) in [6.07, 6.45) is -4.50. The van der Waals surface area contributed by atoms with Gasteiger partial charge < -0.3 is 9.84 Å². The predicted octanol–water partition coefficient (Wildman–Crippen LogP) is 2.35. The van der Waals surface area contributed by atoms with Crippen molar-refractivity contribution in [3.05, 3.63) is 29.3 Å². The minimum absolute atomic E-state index is 0.0764. The molecule has 1 aliphatic heterocycles. The third kappa shape index (κ3) is 2.23. The van der Waals surface area contributed by atoms with Crippen molar-refractivity contribution in [1.29, 1.82) is 0 Å². The van der Waals surface area contributed by atoms with E-state index in [4.69, 9.17) is 4.74 Å². The van der Waals surface area contributed by atoms with Crippen LogP contribution in [0.3, 0.4) is 0 Å². The van der Waals surface area contributed by atoms with Crippen LogP contribution in [-0.2, 0) is 17.3 Å². The molecule has 1 heterocycles. The summed E-state index contributed by atoms with van der Waals surface area (Å²) in [5.74, 6) is -0.319. The molecule has 0 saturated carbocycles. The lowest BCUT2D eigenvalue weighted by Gasteiger charge is -2.13. The topological polar surface area (TPSA) is 32.8 Å². The molecule has 0 aromatic heterocycles. The van der Waals surface area contributed by atoms with Crippen LogP contribution in [-0.4, -0.2) is 17.8 Å². The summed E-state index contributed by atoms with van der Waals surface area (Å²) >= 11 is 0. The Morgan fingerprint density at radius 1 is 1.40 bits per heavy atom. The number of ether oxygens (including phenoxy) is 1. The lowest BCUT2D eigenvalue weighted by atomic mass is 10.0. The Kier molecular flexibility index (Phi) is 2.34. The van der Waals surface area contributed by atoms with E-state index in [0.717, 1.165) is 6.07 Å². The second-order valence-corrected chi connectivity index (χ2v) is 3.46. The minimum Gasteiger partial charge on any atom is -0.508 e. The van der Waals surface area contributed by atoms with Crippen LogP contribution >= 0.6 is 0 Å². The molecule has 1 N–H and O–H groups in total. The molecule has 1 atom stereocenters. The van der Waals surface area contributed by atoms with E-state index < -0.39 is 11.7 Å². The maximum absolute atomic E-state index is 12.5. The summed E-state index contributed by atoms with van der Waals surface area (Å²) in [5, 5.41) is 9.38. The zero-order valence-electron chi connectivity index (χ0n) is 7.71. The number of hydrogen-bond acceptors (Lipinski definition) is 2. The van der Waals surface area contributed by atoms with Gasteiger partial charge in [0.05, 0.1) is 18.3 Å². The molecule has 2 rings (SSSR count). The van der Waals surface area contributed by atoms with Crippen molar-refractivity contribution in [3.8, 4) is 5.75 Å². The van der Waals surface area contributed by atoms with Gasteiger partial charge in [0.25, 0.3) is 0 Å². The average molecular weight is 218 g/mol. The fraction of sp³-hybridized carbons (Fsp3) is 0.400. The smallest absolute Gasteiger partial charge is 0.416 e. The molecule has 15 heavy (non-hydrogen) atoms. The Morgan fingerprint density at radius 3 is 2.60 bits per heavy atom. The SMILES string of the molecule is Oc1cccc(C(F)(F)F)c1CC1CO1. The van der Waals surface area contributed by atoms with Crippen molar-refractivity contribution in [1.82, 2.24) is 0 Å². The van der Waals surface area contributed by atoms with E-state index in [-0.39, 0.29) is 23.8 Å². The minimum atomic E-state index is -4.43. The zero-order valence-corrected chi connectivity index (χ0v) is 7.71. The van der Waals surface area contributed by atoms with Gasteiger partial charge in [0.15, 0.2) is 0 Å². The van der Waals surface area contributed by atoms with Gasteiger partial charge in [-0.3, -0.25) is 0 Å². The first kappa shape index (κ1) is 10.3. The maximum Gasteiger partial charge on any atom is 0.416 e. The van der Waals surface area contributed by atoms with Gasteiger partial charge in [-0.05, 0) is 12.1 Å². The first-order chi connectivity index (χ1) is 6.98. The van der Waals surface area contributed by atoms with Crippen molar-refractivity contribution >= 4 is 0 Å². The Hall–Kier alpha value is -1.23. The van der Waals surface area contributed by atoms with Crippen LogP contribution in [0.4, 0.5) is 13.2 Å². The molecule has 0 spiro atoms. The van der Waals surface area contributed by atoms with Gasteiger partial charge in [-0.25, -0.2) is 0 Å². The molecule has 5 heteroatoms. The predicted molar refractivity (Wildman–Crippen MR) is 46.6 cm³/mol. The van der Waals surface area contributed by atoms with Gasteiger partial charge in [-0.15, -0.1) is 0 Å². The first-order valence-corrected chi connectivity index (χ1v) is 4.48. The van der Waals surface area contributed by atoms with Crippen LogP contribution in [0.15, 0.2) is 18.2 Å². The van der Waals surface area contributed by atoms with Gasteiger partial charge in [0.1, 0.15) is 5.75 Å². The second-order valence-electron chi connectivity index (χ2n) is 3.46. The largest absolute Gasteiger partial charge is 0.508 e. The molecule has 1 unspecified atom stereocenters. The summed E-state index contributed by atoms with van der Waals surface area (Å²) in [4.78, 5) is 0. The molecular weight excluding hydrogens is 209 g/mol. The quantitative estimate of drug-likeness (QED) is 0.773. The Bertz CT molecular complexity index is 369. The fourth-order valence-corrected chi connectivity index (χ4v) is 1.47. The zero-order chi connectivity index (χ0) is 11.1. The molecule has 0 bridgehead atoms. The van der Waals surface area contributed by atoms with Crippen LogP contribution in [0.5, 0.6) is 5.75 Å². The Labute approximate surface area is 84.3 Å². The maximum atomic E-state index is 12.5. The standard InChI is InChI=1S/C10H9F3O2/c11-10(12,13)8-2-1-3-9(14)7(8)4-6-5-15-6/h1-3,6,14H,4-5H2. The van der Waals surface area contributed by atoms with Gasteiger partial charge >= 0.3 is 6.18 Å². The summed E-state index contributed by atoms with van der Waals surface area (Å²) in [6, 6.07) is 3.42. The highest BCUT2D eigenvalue weighted by Gasteiger charge is 2.36. The Morgan fingerprint density at radius 2 is 2.07 bits per heavy atom. The van der Waals surface area contributed by atoms with E-state index in [1.165, 1.54) is 12.1 Å². The molecule has 82 valence electrons. The molecule has 0 radical (unpaired) electrons. The molecule has 1 aromatic carbocycles. The van der Waals surface area contributed by atoms with Crippen LogP contribution in [0.2, 0.25) is 0 Å². The fourth-order valence-electron chi connectivity index (χ4n) is 1.47.